The minimum absolute atomic E-state index is 0.524. The summed E-state index contributed by atoms with van der Waals surface area (Å²) in [4.78, 5) is 3.34. The summed E-state index contributed by atoms with van der Waals surface area (Å²) in [6.07, 6.45) is 1.16. The van der Waals surface area contributed by atoms with E-state index in [1.165, 1.54) is 0 Å². The van der Waals surface area contributed by atoms with Gasteiger partial charge >= 0.3 is 0 Å². The van der Waals surface area contributed by atoms with E-state index in [-0.39, 0.29) is 0 Å². The van der Waals surface area contributed by atoms with Crippen LogP contribution in [-0.2, 0) is 0 Å². The van der Waals surface area contributed by atoms with Gasteiger partial charge in [-0.3, -0.25) is 0 Å². The molecule has 0 bridgehead atoms. The van der Waals surface area contributed by atoms with Crippen molar-refractivity contribution in [3.63, 3.8) is 0 Å². The molecule has 2 aromatic rings. The van der Waals surface area contributed by atoms with Gasteiger partial charge in [-0.1, -0.05) is 0 Å². The first-order valence-corrected chi connectivity index (χ1v) is 7.93. The Morgan fingerprint density at radius 2 is 2.32 bits per heavy atom. The Morgan fingerprint density at radius 1 is 1.42 bits per heavy atom. The van der Waals surface area contributed by atoms with Gasteiger partial charge in [-0.25, -0.2) is 0 Å². The lowest BCUT2D eigenvalue weighted by Crippen LogP contribution is -2.34. The zero-order chi connectivity index (χ0) is 13.2. The van der Waals surface area contributed by atoms with Crippen molar-refractivity contribution < 1.29 is 0 Å². The van der Waals surface area contributed by atoms with Crippen LogP contribution in [0.4, 0.5) is 5.82 Å². The molecule has 1 fully saturated rings. The van der Waals surface area contributed by atoms with E-state index >= 15 is 0 Å². The van der Waals surface area contributed by atoms with Gasteiger partial charge in [0.1, 0.15) is 5.69 Å². The van der Waals surface area contributed by atoms with Crippen molar-refractivity contribution in [1.82, 2.24) is 15.5 Å². The van der Waals surface area contributed by atoms with Crippen LogP contribution in [0.25, 0.3) is 10.6 Å². The van der Waals surface area contributed by atoms with Gasteiger partial charge in [0.15, 0.2) is 5.82 Å². The third kappa shape index (κ3) is 2.80. The highest BCUT2D eigenvalue weighted by Gasteiger charge is 2.20. The van der Waals surface area contributed by atoms with Gasteiger partial charge in [0.2, 0.25) is 0 Å². The van der Waals surface area contributed by atoms with Gasteiger partial charge in [-0.15, -0.1) is 21.5 Å². The quantitative estimate of drug-likeness (QED) is 0.934. The lowest BCUT2D eigenvalue weighted by atomic mass is 10.2. The van der Waals surface area contributed by atoms with E-state index in [0.29, 0.717) is 6.04 Å². The number of anilines is 1. The summed E-state index contributed by atoms with van der Waals surface area (Å²) >= 11 is 5.13. The van der Waals surface area contributed by atoms with Crippen LogP contribution < -0.4 is 10.2 Å². The van der Waals surface area contributed by atoms with E-state index in [9.17, 15) is 0 Å². The number of nitrogens with zero attached hydrogens (tertiary/aromatic N) is 3. The number of halogens is 1. The maximum Gasteiger partial charge on any atom is 0.151 e. The monoisotopic (exact) mass is 338 g/mol. The van der Waals surface area contributed by atoms with Crippen LogP contribution in [0.2, 0.25) is 0 Å². The molecule has 3 rings (SSSR count). The third-order valence-corrected chi connectivity index (χ3v) is 5.13. The number of likely N-dealkylation sites (N-methyl/N-ethyl adjacent to an activating group) is 1. The maximum absolute atomic E-state index is 4.35. The van der Waals surface area contributed by atoms with Gasteiger partial charge in [-0.2, -0.15) is 0 Å². The number of hydrogen-bond donors (Lipinski definition) is 1. The number of hydrogen-bond acceptors (Lipinski definition) is 5. The molecule has 0 aliphatic carbocycles. The molecule has 19 heavy (non-hydrogen) atoms. The van der Waals surface area contributed by atoms with Gasteiger partial charge < -0.3 is 10.2 Å². The first kappa shape index (κ1) is 13.0. The number of rotatable bonds is 3. The Hall–Kier alpha value is -0.980. The molecule has 1 atom stereocenters. The minimum Gasteiger partial charge on any atom is -0.354 e. The maximum atomic E-state index is 4.35. The molecule has 1 aliphatic heterocycles. The molecular formula is C13H15BrN4S. The van der Waals surface area contributed by atoms with Crippen molar-refractivity contribution in [3.05, 3.63) is 28.1 Å². The van der Waals surface area contributed by atoms with E-state index in [1.807, 2.05) is 12.1 Å². The molecule has 0 radical (unpaired) electrons. The fourth-order valence-corrected chi connectivity index (χ4v) is 3.64. The standard InChI is InChI=1S/C13H15BrN4S/c1-18(10-4-5-15-7-10)13-3-2-11(16-17-13)12-6-9(14)8-19-12/h2-3,6,8,10,15H,4-5,7H2,1H3. The number of nitrogens with one attached hydrogen (secondary N) is 1. The van der Waals surface area contributed by atoms with E-state index in [0.717, 1.165) is 40.4 Å². The SMILES string of the molecule is CN(c1ccc(-c2cc(Br)cs2)nn1)C1CCNC1. The number of aromatic nitrogens is 2. The molecule has 3 heterocycles. The molecular weight excluding hydrogens is 324 g/mol. The topological polar surface area (TPSA) is 41.1 Å². The highest BCUT2D eigenvalue weighted by atomic mass is 79.9. The van der Waals surface area contributed by atoms with Gasteiger partial charge in [0, 0.05) is 29.5 Å². The van der Waals surface area contributed by atoms with Crippen molar-refractivity contribution in [3.8, 4) is 10.6 Å². The van der Waals surface area contributed by atoms with Crippen LogP contribution >= 0.6 is 27.3 Å². The molecule has 0 aromatic carbocycles. The Bertz CT molecular complexity index is 548. The second-order valence-corrected chi connectivity index (χ2v) is 6.49. The Balaban J connectivity index is 1.78. The van der Waals surface area contributed by atoms with E-state index in [4.69, 9.17) is 0 Å². The zero-order valence-corrected chi connectivity index (χ0v) is 13.0. The highest BCUT2D eigenvalue weighted by Crippen LogP contribution is 2.28. The summed E-state index contributed by atoms with van der Waals surface area (Å²) in [5, 5.41) is 14.1. The van der Waals surface area contributed by atoms with Crippen LogP contribution in [0.15, 0.2) is 28.1 Å². The van der Waals surface area contributed by atoms with Crippen molar-refractivity contribution in [1.29, 1.82) is 0 Å². The fourth-order valence-electron chi connectivity index (χ4n) is 2.25. The van der Waals surface area contributed by atoms with Crippen molar-refractivity contribution in [2.75, 3.05) is 25.0 Å². The van der Waals surface area contributed by atoms with Gasteiger partial charge in [-0.05, 0) is 47.1 Å². The smallest absolute Gasteiger partial charge is 0.151 e. The summed E-state index contributed by atoms with van der Waals surface area (Å²) in [5.74, 6) is 0.938. The predicted octanol–water partition coefficient (Wildman–Crippen LogP) is 2.77. The molecule has 1 saturated heterocycles. The second-order valence-electron chi connectivity index (χ2n) is 4.66. The average Bonchev–Trinajstić information content (AvgIpc) is 3.09. The van der Waals surface area contributed by atoms with Crippen LogP contribution in [0, 0.1) is 0 Å². The molecule has 0 saturated carbocycles. The van der Waals surface area contributed by atoms with Crippen LogP contribution in [0.3, 0.4) is 0 Å². The first-order valence-electron chi connectivity index (χ1n) is 6.26. The Kier molecular flexibility index (Phi) is 3.81. The lowest BCUT2D eigenvalue weighted by molar-refractivity contribution is 0.673. The molecule has 0 spiro atoms. The van der Waals surface area contributed by atoms with E-state index in [1.54, 1.807) is 11.3 Å². The molecule has 6 heteroatoms. The summed E-state index contributed by atoms with van der Waals surface area (Å²) in [5.41, 5.74) is 0.928. The van der Waals surface area contributed by atoms with Crippen LogP contribution in [0.5, 0.6) is 0 Å². The third-order valence-electron chi connectivity index (χ3n) is 3.41. The summed E-state index contributed by atoms with van der Waals surface area (Å²) in [6.45, 7) is 2.11. The molecule has 2 aromatic heterocycles. The number of thiophene rings is 1. The van der Waals surface area contributed by atoms with E-state index in [2.05, 4.69) is 54.8 Å². The van der Waals surface area contributed by atoms with Crippen molar-refractivity contribution in [2.24, 2.45) is 0 Å². The first-order chi connectivity index (χ1) is 9.24. The summed E-state index contributed by atoms with van der Waals surface area (Å²) in [7, 11) is 2.09. The highest BCUT2D eigenvalue weighted by molar-refractivity contribution is 9.10. The van der Waals surface area contributed by atoms with Gasteiger partial charge in [0.05, 0.1) is 4.88 Å². The van der Waals surface area contributed by atoms with Crippen molar-refractivity contribution in [2.45, 2.75) is 12.5 Å². The van der Waals surface area contributed by atoms with Crippen LogP contribution in [0.1, 0.15) is 6.42 Å². The Morgan fingerprint density at radius 3 is 2.89 bits per heavy atom. The average molecular weight is 339 g/mol. The normalized spacial score (nSPS) is 18.7. The molecule has 0 amide bonds. The van der Waals surface area contributed by atoms with Crippen LogP contribution in [-0.4, -0.2) is 36.4 Å². The molecule has 1 aliphatic rings. The van der Waals surface area contributed by atoms with E-state index < -0.39 is 0 Å². The lowest BCUT2D eigenvalue weighted by Gasteiger charge is -2.24. The minimum atomic E-state index is 0.524. The zero-order valence-electron chi connectivity index (χ0n) is 10.6. The second kappa shape index (κ2) is 5.56. The molecule has 1 N–H and O–H groups in total. The molecule has 1 unspecified atom stereocenters. The molecule has 100 valence electrons. The molecule has 4 nitrogen and oxygen atoms in total. The summed E-state index contributed by atoms with van der Waals surface area (Å²) in [6, 6.07) is 6.68. The predicted molar refractivity (Wildman–Crippen MR) is 82.7 cm³/mol. The Labute approximate surface area is 125 Å². The van der Waals surface area contributed by atoms with Gasteiger partial charge in [0.25, 0.3) is 0 Å². The fraction of sp³-hybridized carbons (Fsp3) is 0.385. The largest absolute Gasteiger partial charge is 0.354 e. The van der Waals surface area contributed by atoms with Crippen molar-refractivity contribution >= 4 is 33.1 Å². The summed E-state index contributed by atoms with van der Waals surface area (Å²) < 4.78 is 1.09.